The van der Waals surface area contributed by atoms with Gasteiger partial charge in [-0.1, -0.05) is 97.1 Å². The van der Waals surface area contributed by atoms with Gasteiger partial charge in [0.25, 0.3) is 0 Å². The average molecular weight is 1100 g/mol. The molecule has 4 aromatic carbocycles. The number of nitrogens with one attached hydrogen (secondary N) is 7. The molecule has 3 saturated heterocycles. The molecule has 430 valence electrons. The third kappa shape index (κ3) is 27.7. The van der Waals surface area contributed by atoms with Gasteiger partial charge in [0.05, 0.1) is 37.1 Å². The normalized spacial score (nSPS) is 17.8. The molecule has 0 radical (unpaired) electrons. The molecule has 0 atom stereocenters. The zero-order valence-corrected chi connectivity index (χ0v) is 47.1. The van der Waals surface area contributed by atoms with Gasteiger partial charge in [-0.15, -0.1) is 0 Å². The molecular formula is C66H86N10O5. The lowest BCUT2D eigenvalue weighted by Gasteiger charge is -2.23. The molecule has 4 aromatic rings. The molecule has 0 saturated carbocycles. The minimum Gasteiger partial charge on any atom is -0.502 e. The summed E-state index contributed by atoms with van der Waals surface area (Å²) in [5.74, 6) is 2.75. The summed E-state index contributed by atoms with van der Waals surface area (Å²) in [5.41, 5.74) is 16.0. The van der Waals surface area contributed by atoms with Gasteiger partial charge in [-0.2, -0.15) is 5.10 Å². The van der Waals surface area contributed by atoms with Crippen LogP contribution >= 0.6 is 0 Å². The first-order valence-electron chi connectivity index (χ1n) is 28.7. The Morgan fingerprint density at radius 1 is 0.531 bits per heavy atom. The fourth-order valence-electron chi connectivity index (χ4n) is 8.07. The van der Waals surface area contributed by atoms with E-state index in [1.807, 2.05) is 122 Å². The molecule has 16 rings (SSSR count). The molecule has 0 bridgehead atoms. The first-order valence-corrected chi connectivity index (χ1v) is 28.7. The number of hydrazine groups is 1. The molecule has 12 aliphatic rings. The molecule has 15 heteroatoms. The number of allylic oxidation sites excluding steroid dienone is 9. The molecule has 0 spiro atoms. The number of ether oxygens (including phenoxy) is 5. The molecule has 0 aliphatic carbocycles. The van der Waals surface area contributed by atoms with Gasteiger partial charge in [-0.3, -0.25) is 15.8 Å². The van der Waals surface area contributed by atoms with Crippen LogP contribution in [0.2, 0.25) is 0 Å². The molecule has 0 unspecified atom stereocenters. The van der Waals surface area contributed by atoms with Crippen LogP contribution in [-0.2, 0) is 20.6 Å². The Bertz CT molecular complexity index is 2500. The summed E-state index contributed by atoms with van der Waals surface area (Å²) in [6.45, 7) is 13.9. The Morgan fingerprint density at radius 3 is 1.78 bits per heavy atom. The lowest BCUT2D eigenvalue weighted by Crippen LogP contribution is -2.21. The van der Waals surface area contributed by atoms with E-state index in [2.05, 4.69) is 126 Å². The van der Waals surface area contributed by atoms with Crippen LogP contribution in [0.4, 0.5) is 17.1 Å². The highest BCUT2D eigenvalue weighted by Gasteiger charge is 2.14. The maximum Gasteiger partial charge on any atom is 0.150 e. The van der Waals surface area contributed by atoms with Crippen LogP contribution in [0.1, 0.15) is 56.1 Å². The predicted molar refractivity (Wildman–Crippen MR) is 336 cm³/mol. The van der Waals surface area contributed by atoms with E-state index in [0.29, 0.717) is 6.61 Å². The van der Waals surface area contributed by atoms with E-state index in [1.165, 1.54) is 67.5 Å². The standard InChI is InChI=1S/C12H9NO.C9H9N.C9H8O.C8H9N.C5H10O.C5H8O.C5H6O.C4H5N.2C3H8N2.C3H6N2/c1-3-7-11-9(5-1)13-10-6-2-4-8-12(10)14-11;1-3-7-10-8-4-2-6-9(10)5-1;1-2-6-9-8(4-1)5-3-7-10-9;1-2-4-8-7(3-1)5-6-9-8;3*1-2-4-6-5-3-1;1-2-4-5-3-1;1-2-5-3-4-1;2*1-2-4-5-3-1/h1-8,13H;1-7H,8H2;1-6H,7H2;1-4,9H,5-6H2;1-5H2;2,4H,1,3,5H2;1-4H,5H2;1-3H,4H2;2*4-5H,1-3H2;2,5H,1,3H2. The van der Waals surface area contributed by atoms with Crippen LogP contribution in [-0.4, -0.2) is 109 Å². The number of para-hydroxylation sites is 6. The number of aliphatic imine (C=N–C) groups is 1. The van der Waals surface area contributed by atoms with E-state index in [-0.39, 0.29) is 0 Å². The highest BCUT2D eigenvalue weighted by Crippen LogP contribution is 2.41. The van der Waals surface area contributed by atoms with Crippen molar-refractivity contribution in [2.24, 2.45) is 10.1 Å². The molecular weight excluding hydrogens is 1010 g/mol. The minimum absolute atomic E-state index is 0.705. The van der Waals surface area contributed by atoms with Crippen molar-refractivity contribution in [3.63, 3.8) is 0 Å². The molecule has 12 aliphatic heterocycles. The summed E-state index contributed by atoms with van der Waals surface area (Å²) in [6, 6.07) is 32.3. The Kier molecular flexibility index (Phi) is 32.3. The molecule has 81 heavy (non-hydrogen) atoms. The van der Waals surface area contributed by atoms with Gasteiger partial charge in [0.2, 0.25) is 0 Å². The first kappa shape index (κ1) is 62.3. The maximum atomic E-state index is 5.71. The van der Waals surface area contributed by atoms with Gasteiger partial charge in [-0.25, -0.2) is 0 Å². The van der Waals surface area contributed by atoms with E-state index in [9.17, 15) is 0 Å². The predicted octanol–water partition coefficient (Wildman–Crippen LogP) is 11.9. The number of benzene rings is 4. The van der Waals surface area contributed by atoms with Crippen molar-refractivity contribution in [1.82, 2.24) is 31.8 Å². The third-order valence-corrected chi connectivity index (χ3v) is 12.3. The van der Waals surface area contributed by atoms with E-state index >= 15 is 0 Å². The topological polar surface area (TPSA) is 158 Å². The molecule has 12 heterocycles. The van der Waals surface area contributed by atoms with Crippen molar-refractivity contribution in [3.8, 4) is 17.2 Å². The number of fused-ring (bicyclic) bond motifs is 5. The average Bonchev–Trinajstić information content (AvgIpc) is 4.44. The molecule has 3 fully saturated rings. The van der Waals surface area contributed by atoms with E-state index < -0.39 is 0 Å². The number of rotatable bonds is 0. The lowest BCUT2D eigenvalue weighted by atomic mass is 10.1. The van der Waals surface area contributed by atoms with Gasteiger partial charge >= 0.3 is 0 Å². The van der Waals surface area contributed by atoms with Crippen molar-refractivity contribution in [1.29, 1.82) is 0 Å². The van der Waals surface area contributed by atoms with Crippen LogP contribution in [0.3, 0.4) is 0 Å². The third-order valence-electron chi connectivity index (χ3n) is 12.3. The quantitative estimate of drug-likeness (QED) is 0.0787. The summed E-state index contributed by atoms with van der Waals surface area (Å²) >= 11 is 0. The van der Waals surface area contributed by atoms with Crippen LogP contribution < -0.4 is 47.0 Å². The Labute approximate surface area is 482 Å². The summed E-state index contributed by atoms with van der Waals surface area (Å²) < 4.78 is 25.8. The zero-order chi connectivity index (χ0) is 56.0. The Hall–Kier alpha value is -7.92. The fourth-order valence-corrected chi connectivity index (χ4v) is 8.07. The second-order valence-electron chi connectivity index (χ2n) is 18.7. The van der Waals surface area contributed by atoms with Crippen LogP contribution in [0.15, 0.2) is 211 Å². The van der Waals surface area contributed by atoms with Crippen molar-refractivity contribution in [2.45, 2.75) is 51.4 Å². The maximum absolute atomic E-state index is 5.71. The number of anilines is 3. The van der Waals surface area contributed by atoms with E-state index in [4.69, 9.17) is 23.7 Å². The van der Waals surface area contributed by atoms with E-state index in [1.54, 1.807) is 18.7 Å². The Balaban J connectivity index is 0.000000146. The highest BCUT2D eigenvalue weighted by molar-refractivity contribution is 5.75. The van der Waals surface area contributed by atoms with Gasteiger partial charge in [0.15, 0.2) is 11.5 Å². The molecule has 15 nitrogen and oxygen atoms in total. The number of hydrazone groups is 1. The van der Waals surface area contributed by atoms with Gasteiger partial charge in [0, 0.05) is 108 Å². The SMILES string of the molecule is C1=CCN2C=CC=CC2=C1.C1=CCN=C1.C1=CCOC=C1.C1=COCCC1.C1=Cc2ccccc2OC1.C1=NNCC1.C1CCOCC1.C1CNCN1.C1CNNC1.c1ccc2c(c1)CCN2.c1ccc2c(c1)Nc1ccccc1O2. The zero-order valence-electron chi connectivity index (χ0n) is 47.1. The smallest absolute Gasteiger partial charge is 0.150 e. The molecule has 0 amide bonds. The summed E-state index contributed by atoms with van der Waals surface area (Å²) in [5, 5.41) is 16.5. The van der Waals surface area contributed by atoms with Gasteiger partial charge in [-0.05, 0) is 136 Å². The fraction of sp³-hybridized carbons (Fsp3) is 0.333. The van der Waals surface area contributed by atoms with Crippen LogP contribution in [0.25, 0.3) is 6.08 Å². The molecule has 7 N–H and O–H groups in total. The minimum atomic E-state index is 0.705. The van der Waals surface area contributed by atoms with Gasteiger partial charge < -0.3 is 55.3 Å². The highest BCUT2D eigenvalue weighted by atomic mass is 16.5. The van der Waals surface area contributed by atoms with Crippen molar-refractivity contribution in [3.05, 3.63) is 212 Å². The van der Waals surface area contributed by atoms with Crippen molar-refractivity contribution in [2.75, 3.05) is 103 Å². The first-order chi connectivity index (χ1) is 40.3. The van der Waals surface area contributed by atoms with E-state index in [0.717, 1.165) is 120 Å². The lowest BCUT2D eigenvalue weighted by molar-refractivity contribution is 0.0968. The number of nitrogens with zero attached hydrogens (tertiary/aromatic N) is 3. The molecule has 0 aromatic heterocycles. The second-order valence-corrected chi connectivity index (χ2v) is 18.7. The summed E-state index contributed by atoms with van der Waals surface area (Å²) in [6.07, 6.45) is 47.6. The second kappa shape index (κ2) is 42.0. The van der Waals surface area contributed by atoms with Gasteiger partial charge in [0.1, 0.15) is 19.0 Å². The largest absolute Gasteiger partial charge is 0.502 e. The monoisotopic (exact) mass is 1100 g/mol. The van der Waals surface area contributed by atoms with Crippen LogP contribution in [0.5, 0.6) is 17.2 Å². The number of hydrogen-bond acceptors (Lipinski definition) is 15. The van der Waals surface area contributed by atoms with Crippen molar-refractivity contribution >= 4 is 35.6 Å². The summed E-state index contributed by atoms with van der Waals surface area (Å²) in [4.78, 5) is 6.06. The van der Waals surface area contributed by atoms with Crippen molar-refractivity contribution < 1.29 is 23.7 Å². The summed E-state index contributed by atoms with van der Waals surface area (Å²) in [7, 11) is 0. The number of hydrogen-bond donors (Lipinski definition) is 7. The Morgan fingerprint density at radius 2 is 1.30 bits per heavy atom. The van der Waals surface area contributed by atoms with Crippen LogP contribution in [0, 0.1) is 0 Å².